The number of rotatable bonds is 1. The van der Waals surface area contributed by atoms with Crippen molar-refractivity contribution >= 4 is 24.7 Å². The van der Waals surface area contributed by atoms with Gasteiger partial charge in [-0.25, -0.2) is 0 Å². The fourth-order valence-corrected chi connectivity index (χ4v) is 2.62. The minimum absolute atomic E-state index is 0.131. The molecule has 0 atom stereocenters. The minimum atomic E-state index is 0.131. The van der Waals surface area contributed by atoms with E-state index in [-0.39, 0.29) is 4.75 Å². The SMILES string of the molecule is CC1=C(OS)C(C)(C)SC1. The molecule has 1 rings (SSSR count). The zero-order valence-electron chi connectivity index (χ0n) is 6.47. The van der Waals surface area contributed by atoms with E-state index >= 15 is 0 Å². The quantitative estimate of drug-likeness (QED) is 0.486. The van der Waals surface area contributed by atoms with Gasteiger partial charge in [-0.3, -0.25) is 0 Å². The van der Waals surface area contributed by atoms with Gasteiger partial charge in [-0.15, -0.1) is 11.8 Å². The Morgan fingerprint density at radius 3 is 2.40 bits per heavy atom. The van der Waals surface area contributed by atoms with E-state index in [0.29, 0.717) is 0 Å². The van der Waals surface area contributed by atoms with Crippen molar-refractivity contribution in [1.29, 1.82) is 0 Å². The second-order valence-corrected chi connectivity index (χ2v) is 4.78. The van der Waals surface area contributed by atoms with Crippen molar-refractivity contribution < 1.29 is 4.18 Å². The van der Waals surface area contributed by atoms with Gasteiger partial charge in [-0.05, 0) is 26.3 Å². The second-order valence-electron chi connectivity index (χ2n) is 3.00. The smallest absolute Gasteiger partial charge is 0.129 e. The highest BCUT2D eigenvalue weighted by Crippen LogP contribution is 2.42. The van der Waals surface area contributed by atoms with Gasteiger partial charge in [-0.1, -0.05) is 0 Å². The van der Waals surface area contributed by atoms with E-state index in [1.807, 2.05) is 11.8 Å². The van der Waals surface area contributed by atoms with Crippen LogP contribution in [-0.2, 0) is 4.18 Å². The van der Waals surface area contributed by atoms with Crippen LogP contribution >= 0.6 is 24.7 Å². The molecule has 1 heterocycles. The molecule has 0 unspecified atom stereocenters. The first-order valence-corrected chi connectivity index (χ1v) is 4.58. The Bertz CT molecular complexity index is 172. The van der Waals surface area contributed by atoms with E-state index in [9.17, 15) is 0 Å². The summed E-state index contributed by atoms with van der Waals surface area (Å²) < 4.78 is 5.12. The molecule has 0 saturated heterocycles. The molecule has 3 heteroatoms. The van der Waals surface area contributed by atoms with Gasteiger partial charge < -0.3 is 4.18 Å². The van der Waals surface area contributed by atoms with Crippen LogP contribution < -0.4 is 0 Å². The van der Waals surface area contributed by atoms with Crippen LogP contribution in [0, 0.1) is 0 Å². The lowest BCUT2D eigenvalue weighted by Gasteiger charge is -2.18. The second kappa shape index (κ2) is 2.70. The van der Waals surface area contributed by atoms with E-state index in [1.165, 1.54) is 5.57 Å². The Balaban J connectivity index is 2.87. The molecule has 0 amide bonds. The summed E-state index contributed by atoms with van der Waals surface area (Å²) in [5, 5.41) is 0. The molecule has 0 aliphatic carbocycles. The molecule has 1 aliphatic heterocycles. The molecular formula is C7H12OS2. The minimum Gasteiger partial charge on any atom is -0.432 e. The maximum Gasteiger partial charge on any atom is 0.129 e. The first-order valence-electron chi connectivity index (χ1n) is 3.23. The molecule has 0 aromatic heterocycles. The third kappa shape index (κ3) is 1.30. The van der Waals surface area contributed by atoms with Crippen LogP contribution in [0.3, 0.4) is 0 Å². The van der Waals surface area contributed by atoms with E-state index in [2.05, 4.69) is 33.7 Å². The summed E-state index contributed by atoms with van der Waals surface area (Å²) >= 11 is 5.71. The molecule has 1 nitrogen and oxygen atoms in total. The Labute approximate surface area is 71.8 Å². The summed E-state index contributed by atoms with van der Waals surface area (Å²) in [4.78, 5) is 0. The first-order chi connectivity index (χ1) is 4.58. The largest absolute Gasteiger partial charge is 0.432 e. The Morgan fingerprint density at radius 2 is 2.20 bits per heavy atom. The van der Waals surface area contributed by atoms with Crippen LogP contribution in [0.5, 0.6) is 0 Å². The van der Waals surface area contributed by atoms with Crippen LogP contribution in [0.2, 0.25) is 0 Å². The fourth-order valence-electron chi connectivity index (χ4n) is 1.12. The van der Waals surface area contributed by atoms with Gasteiger partial charge >= 0.3 is 0 Å². The first kappa shape index (κ1) is 8.34. The van der Waals surface area contributed by atoms with Crippen molar-refractivity contribution in [2.45, 2.75) is 25.5 Å². The lowest BCUT2D eigenvalue weighted by molar-refractivity contribution is 0.447. The predicted octanol–water partition coefficient (Wildman–Crippen LogP) is 2.65. The summed E-state index contributed by atoms with van der Waals surface area (Å²) in [6.45, 7) is 6.40. The highest BCUT2D eigenvalue weighted by atomic mass is 32.2. The molecule has 0 spiro atoms. The summed E-state index contributed by atoms with van der Waals surface area (Å²) in [5.41, 5.74) is 1.31. The van der Waals surface area contributed by atoms with Gasteiger partial charge in [0.05, 0.1) is 4.75 Å². The summed E-state index contributed by atoms with van der Waals surface area (Å²) in [7, 11) is 0. The summed E-state index contributed by atoms with van der Waals surface area (Å²) in [5.74, 6) is 2.10. The van der Waals surface area contributed by atoms with Crippen molar-refractivity contribution in [3.05, 3.63) is 11.3 Å². The number of hydrogen-bond acceptors (Lipinski definition) is 3. The molecule has 0 N–H and O–H groups in total. The highest BCUT2D eigenvalue weighted by molar-refractivity contribution is 8.01. The van der Waals surface area contributed by atoms with Crippen molar-refractivity contribution in [2.24, 2.45) is 0 Å². The molecule has 1 aliphatic rings. The monoisotopic (exact) mass is 176 g/mol. The number of thioether (sulfide) groups is 1. The van der Waals surface area contributed by atoms with Gasteiger partial charge in [0.1, 0.15) is 5.76 Å². The predicted molar refractivity (Wildman–Crippen MR) is 49.3 cm³/mol. The van der Waals surface area contributed by atoms with Gasteiger partial charge in [-0.2, -0.15) is 0 Å². The highest BCUT2D eigenvalue weighted by Gasteiger charge is 2.32. The zero-order chi connectivity index (χ0) is 7.78. The normalized spacial score (nSPS) is 23.6. The molecule has 10 heavy (non-hydrogen) atoms. The molecule has 58 valence electrons. The Morgan fingerprint density at radius 1 is 1.60 bits per heavy atom. The lowest BCUT2D eigenvalue weighted by atomic mass is 10.1. The zero-order valence-corrected chi connectivity index (χ0v) is 8.18. The molecule has 0 radical (unpaired) electrons. The maximum absolute atomic E-state index is 4.99. The average Bonchev–Trinajstić information content (AvgIpc) is 2.07. The summed E-state index contributed by atoms with van der Waals surface area (Å²) in [6, 6.07) is 0. The van der Waals surface area contributed by atoms with Crippen LogP contribution in [0.15, 0.2) is 11.3 Å². The van der Waals surface area contributed by atoms with Crippen LogP contribution in [0.1, 0.15) is 20.8 Å². The van der Waals surface area contributed by atoms with Gasteiger partial charge in [0.2, 0.25) is 0 Å². The third-order valence-corrected chi connectivity index (χ3v) is 3.34. The van der Waals surface area contributed by atoms with Crippen molar-refractivity contribution in [3.8, 4) is 0 Å². The van der Waals surface area contributed by atoms with Crippen LogP contribution in [0.4, 0.5) is 0 Å². The summed E-state index contributed by atoms with van der Waals surface area (Å²) in [6.07, 6.45) is 0. The fraction of sp³-hybridized carbons (Fsp3) is 0.714. The van der Waals surface area contributed by atoms with E-state index in [0.717, 1.165) is 11.5 Å². The Hall–Kier alpha value is 0.240. The molecule has 0 saturated carbocycles. The van der Waals surface area contributed by atoms with Gasteiger partial charge in [0, 0.05) is 18.7 Å². The molecule has 0 aromatic rings. The van der Waals surface area contributed by atoms with Crippen LogP contribution in [-0.4, -0.2) is 10.5 Å². The van der Waals surface area contributed by atoms with E-state index in [1.54, 1.807) is 0 Å². The topological polar surface area (TPSA) is 9.23 Å². The average molecular weight is 176 g/mol. The number of thiol groups is 1. The van der Waals surface area contributed by atoms with Crippen molar-refractivity contribution in [1.82, 2.24) is 0 Å². The lowest BCUT2D eigenvalue weighted by Crippen LogP contribution is -2.14. The van der Waals surface area contributed by atoms with Crippen molar-refractivity contribution in [3.63, 3.8) is 0 Å². The maximum atomic E-state index is 4.99. The van der Waals surface area contributed by atoms with Crippen molar-refractivity contribution in [2.75, 3.05) is 5.75 Å². The third-order valence-electron chi connectivity index (χ3n) is 1.68. The van der Waals surface area contributed by atoms with E-state index < -0.39 is 0 Å². The van der Waals surface area contributed by atoms with Gasteiger partial charge in [0.15, 0.2) is 0 Å². The van der Waals surface area contributed by atoms with Crippen LogP contribution in [0.25, 0.3) is 0 Å². The molecule has 0 aromatic carbocycles. The number of hydrogen-bond donors (Lipinski definition) is 1. The molecular weight excluding hydrogens is 164 g/mol. The standard InChI is InChI=1S/C7H12OS2/c1-5-4-10-7(2,3)6(5)8-9/h9H,4H2,1-3H3. The molecule has 0 bridgehead atoms. The Kier molecular flexibility index (Phi) is 2.25. The molecule has 0 fully saturated rings. The van der Waals surface area contributed by atoms with Gasteiger partial charge in [0.25, 0.3) is 0 Å². The van der Waals surface area contributed by atoms with E-state index in [4.69, 9.17) is 4.18 Å².